The van der Waals surface area contributed by atoms with Crippen molar-refractivity contribution in [1.29, 1.82) is 0 Å². The van der Waals surface area contributed by atoms with Gasteiger partial charge >= 0.3 is 5.76 Å². The lowest BCUT2D eigenvalue weighted by molar-refractivity contribution is 0.396. The molecule has 0 bridgehead atoms. The van der Waals surface area contributed by atoms with Gasteiger partial charge < -0.3 is 4.42 Å². The minimum Gasteiger partial charge on any atom is -0.408 e. The predicted molar refractivity (Wildman–Crippen MR) is 93.7 cm³/mol. The van der Waals surface area contributed by atoms with Gasteiger partial charge in [-0.05, 0) is 42.7 Å². The molecule has 1 saturated heterocycles. The van der Waals surface area contributed by atoms with Crippen molar-refractivity contribution in [2.75, 3.05) is 6.54 Å². The summed E-state index contributed by atoms with van der Waals surface area (Å²) in [7, 11) is -2.21. The zero-order chi connectivity index (χ0) is 18.5. The number of aromatic nitrogens is 1. The third-order valence-corrected chi connectivity index (χ3v) is 6.73. The molecule has 1 aromatic heterocycles. The fourth-order valence-electron chi connectivity index (χ4n) is 3.46. The van der Waals surface area contributed by atoms with Gasteiger partial charge in [-0.2, -0.15) is 4.31 Å². The van der Waals surface area contributed by atoms with Crippen LogP contribution in [0.15, 0.2) is 56.6 Å². The van der Waals surface area contributed by atoms with Crippen molar-refractivity contribution in [3.63, 3.8) is 0 Å². The zero-order valence-corrected chi connectivity index (χ0v) is 14.9. The average molecular weight is 376 g/mol. The van der Waals surface area contributed by atoms with Crippen LogP contribution >= 0.6 is 0 Å². The van der Waals surface area contributed by atoms with Gasteiger partial charge in [0.05, 0.1) is 16.5 Å². The second-order valence-electron chi connectivity index (χ2n) is 6.38. The number of aryl methyl sites for hydroxylation is 1. The van der Waals surface area contributed by atoms with Crippen molar-refractivity contribution in [1.82, 2.24) is 8.87 Å². The molecule has 0 amide bonds. The standard InChI is InChI=1S/C18H17FN2O4S/c1-20-16-9-8-14(11-17(16)25-18(20)22)26(23,24)21-10-2-3-15(21)12-4-6-13(19)7-5-12/h4-9,11,15H,2-3,10H2,1H3/t15-/m0/s1. The average Bonchev–Trinajstić information content (AvgIpc) is 3.21. The number of sulfonamides is 1. The Morgan fingerprint density at radius 1 is 1.15 bits per heavy atom. The van der Waals surface area contributed by atoms with E-state index in [0.29, 0.717) is 18.5 Å². The number of hydrogen-bond acceptors (Lipinski definition) is 4. The fraction of sp³-hybridized carbons (Fsp3) is 0.278. The van der Waals surface area contributed by atoms with Crippen LogP contribution in [-0.4, -0.2) is 23.8 Å². The summed E-state index contributed by atoms with van der Waals surface area (Å²) in [5, 5.41) is 0. The zero-order valence-electron chi connectivity index (χ0n) is 14.1. The lowest BCUT2D eigenvalue weighted by Crippen LogP contribution is -2.30. The monoisotopic (exact) mass is 376 g/mol. The van der Waals surface area contributed by atoms with Crippen LogP contribution in [0.25, 0.3) is 11.1 Å². The summed E-state index contributed by atoms with van der Waals surface area (Å²) in [5.41, 5.74) is 1.53. The van der Waals surface area contributed by atoms with Crippen LogP contribution in [0.5, 0.6) is 0 Å². The molecule has 0 aliphatic carbocycles. The highest BCUT2D eigenvalue weighted by molar-refractivity contribution is 7.89. The molecule has 0 radical (unpaired) electrons. The minimum absolute atomic E-state index is 0.0772. The Morgan fingerprint density at radius 3 is 2.62 bits per heavy atom. The molecule has 0 N–H and O–H groups in total. The summed E-state index contributed by atoms with van der Waals surface area (Å²) in [6.07, 6.45) is 1.40. The summed E-state index contributed by atoms with van der Waals surface area (Å²) >= 11 is 0. The molecule has 6 nitrogen and oxygen atoms in total. The highest BCUT2D eigenvalue weighted by Crippen LogP contribution is 2.37. The van der Waals surface area contributed by atoms with Gasteiger partial charge in [-0.25, -0.2) is 17.6 Å². The smallest absolute Gasteiger partial charge is 0.408 e. The number of halogens is 1. The first kappa shape index (κ1) is 17.0. The SMILES string of the molecule is Cn1c(=O)oc2cc(S(=O)(=O)N3CCC[C@H]3c3ccc(F)cc3)ccc21. The molecule has 2 aromatic carbocycles. The third-order valence-electron chi connectivity index (χ3n) is 4.83. The van der Waals surface area contributed by atoms with Crippen LogP contribution in [0, 0.1) is 5.82 Å². The van der Waals surface area contributed by atoms with Crippen molar-refractivity contribution < 1.29 is 17.2 Å². The molecule has 0 spiro atoms. The van der Waals surface area contributed by atoms with Gasteiger partial charge in [0, 0.05) is 19.7 Å². The van der Waals surface area contributed by atoms with Gasteiger partial charge in [0.2, 0.25) is 10.0 Å². The molecule has 0 saturated carbocycles. The second kappa shape index (κ2) is 6.07. The number of oxazole rings is 1. The molecule has 3 aromatic rings. The van der Waals surface area contributed by atoms with E-state index in [-0.39, 0.29) is 22.3 Å². The maximum atomic E-state index is 13.2. The van der Waals surface area contributed by atoms with Crippen LogP contribution in [0.1, 0.15) is 24.4 Å². The van der Waals surface area contributed by atoms with Gasteiger partial charge in [0.15, 0.2) is 5.58 Å². The Morgan fingerprint density at radius 2 is 1.88 bits per heavy atom. The Bertz CT molecular complexity index is 1130. The van der Waals surface area contributed by atoms with Gasteiger partial charge in [0.1, 0.15) is 5.82 Å². The molecule has 26 heavy (non-hydrogen) atoms. The molecule has 1 fully saturated rings. The summed E-state index contributed by atoms with van der Waals surface area (Å²) in [6.45, 7) is 0.390. The van der Waals surface area contributed by atoms with Gasteiger partial charge in [-0.15, -0.1) is 0 Å². The first-order valence-corrected chi connectivity index (χ1v) is 9.69. The molecular formula is C18H17FN2O4S. The fourth-order valence-corrected chi connectivity index (χ4v) is 5.15. The van der Waals surface area contributed by atoms with Crippen LogP contribution in [0.2, 0.25) is 0 Å². The molecule has 1 aliphatic heterocycles. The molecule has 0 unspecified atom stereocenters. The maximum Gasteiger partial charge on any atom is 0.419 e. The Hall–Kier alpha value is -2.45. The first-order valence-electron chi connectivity index (χ1n) is 8.25. The van der Waals surface area contributed by atoms with E-state index >= 15 is 0 Å². The van der Waals surface area contributed by atoms with Gasteiger partial charge in [0.25, 0.3) is 0 Å². The van der Waals surface area contributed by atoms with Crippen molar-refractivity contribution in [3.05, 3.63) is 64.4 Å². The Kier molecular flexibility index (Phi) is 3.96. The number of benzene rings is 2. The summed E-state index contributed by atoms with van der Waals surface area (Å²) in [4.78, 5) is 11.7. The lowest BCUT2D eigenvalue weighted by Gasteiger charge is -2.24. The van der Waals surface area contributed by atoms with Crippen LogP contribution in [0.4, 0.5) is 4.39 Å². The second-order valence-corrected chi connectivity index (χ2v) is 8.27. The van der Waals surface area contributed by atoms with Crippen molar-refractivity contribution in [2.45, 2.75) is 23.8 Å². The lowest BCUT2D eigenvalue weighted by atomic mass is 10.1. The van der Waals surface area contributed by atoms with E-state index in [4.69, 9.17) is 4.42 Å². The van der Waals surface area contributed by atoms with Gasteiger partial charge in [-0.3, -0.25) is 4.57 Å². The Balaban J connectivity index is 1.75. The largest absolute Gasteiger partial charge is 0.419 e. The van der Waals surface area contributed by atoms with Crippen molar-refractivity contribution >= 4 is 21.1 Å². The number of rotatable bonds is 3. The molecule has 1 atom stereocenters. The molecule has 4 rings (SSSR count). The van der Waals surface area contributed by atoms with E-state index in [1.807, 2.05) is 0 Å². The van der Waals surface area contributed by atoms with Crippen molar-refractivity contribution in [2.24, 2.45) is 7.05 Å². The number of nitrogens with zero attached hydrogens (tertiary/aromatic N) is 2. The summed E-state index contributed by atoms with van der Waals surface area (Å²) < 4.78 is 47.3. The van der Waals surface area contributed by atoms with E-state index in [9.17, 15) is 17.6 Å². The first-order chi connectivity index (χ1) is 12.4. The number of fused-ring (bicyclic) bond motifs is 1. The highest BCUT2D eigenvalue weighted by Gasteiger charge is 2.36. The van der Waals surface area contributed by atoms with E-state index < -0.39 is 15.8 Å². The molecule has 2 heterocycles. The third kappa shape index (κ3) is 2.65. The van der Waals surface area contributed by atoms with Crippen LogP contribution < -0.4 is 5.76 Å². The molecule has 1 aliphatic rings. The van der Waals surface area contributed by atoms with Crippen molar-refractivity contribution in [3.8, 4) is 0 Å². The Labute approximate surface area is 149 Å². The quantitative estimate of drug-likeness (QED) is 0.705. The maximum absolute atomic E-state index is 13.2. The van der Waals surface area contributed by atoms with E-state index in [0.717, 1.165) is 12.0 Å². The normalized spacial score (nSPS) is 18.6. The van der Waals surface area contributed by atoms with E-state index in [2.05, 4.69) is 0 Å². The van der Waals surface area contributed by atoms with Crippen LogP contribution in [0.3, 0.4) is 0 Å². The van der Waals surface area contributed by atoms with Gasteiger partial charge in [-0.1, -0.05) is 12.1 Å². The van der Waals surface area contributed by atoms with E-state index in [1.54, 1.807) is 25.2 Å². The molecular weight excluding hydrogens is 359 g/mol. The minimum atomic E-state index is -3.77. The topological polar surface area (TPSA) is 72.5 Å². The molecule has 136 valence electrons. The van der Waals surface area contributed by atoms with E-state index in [1.165, 1.54) is 33.1 Å². The summed E-state index contributed by atoms with van der Waals surface area (Å²) in [5.74, 6) is -0.898. The number of hydrogen-bond donors (Lipinski definition) is 0. The predicted octanol–water partition coefficient (Wildman–Crippen LogP) is 2.80. The summed E-state index contributed by atoms with van der Waals surface area (Å²) in [6, 6.07) is 10.0. The van der Waals surface area contributed by atoms with Crippen LogP contribution in [-0.2, 0) is 17.1 Å². The molecule has 8 heteroatoms. The highest BCUT2D eigenvalue weighted by atomic mass is 32.2.